The Morgan fingerprint density at radius 2 is 2.21 bits per heavy atom. The molecule has 0 aliphatic carbocycles. The molecule has 0 spiro atoms. The Bertz CT molecular complexity index is 534. The van der Waals surface area contributed by atoms with Gasteiger partial charge in [0.25, 0.3) is 0 Å². The highest BCUT2D eigenvalue weighted by molar-refractivity contribution is 5.46. The zero-order valence-electron chi connectivity index (χ0n) is 11.8. The van der Waals surface area contributed by atoms with Gasteiger partial charge < -0.3 is 10.1 Å². The molecule has 1 heterocycles. The first-order valence-corrected chi connectivity index (χ1v) is 6.56. The third-order valence-electron chi connectivity index (χ3n) is 3.05. The SMILES string of the molecule is CCc1nn(C)cc1CNc1cccc(COC)c1. The van der Waals surface area contributed by atoms with Crippen LogP contribution in [0.4, 0.5) is 5.69 Å². The molecule has 1 aromatic heterocycles. The molecule has 1 N–H and O–H groups in total. The molecule has 1 aromatic carbocycles. The third-order valence-corrected chi connectivity index (χ3v) is 3.05. The Kier molecular flexibility index (Phi) is 4.58. The maximum Gasteiger partial charge on any atom is 0.0713 e. The number of anilines is 1. The molecule has 0 amide bonds. The fourth-order valence-electron chi connectivity index (χ4n) is 2.16. The van der Waals surface area contributed by atoms with Crippen LogP contribution in [0.3, 0.4) is 0 Å². The van der Waals surface area contributed by atoms with E-state index in [4.69, 9.17) is 4.74 Å². The summed E-state index contributed by atoms with van der Waals surface area (Å²) >= 11 is 0. The topological polar surface area (TPSA) is 39.1 Å². The van der Waals surface area contributed by atoms with Crippen LogP contribution in [-0.4, -0.2) is 16.9 Å². The predicted molar refractivity (Wildman–Crippen MR) is 77.1 cm³/mol. The van der Waals surface area contributed by atoms with Gasteiger partial charge in [-0.05, 0) is 24.1 Å². The lowest BCUT2D eigenvalue weighted by atomic mass is 10.2. The lowest BCUT2D eigenvalue weighted by Crippen LogP contribution is -2.01. The minimum Gasteiger partial charge on any atom is -0.381 e. The average Bonchev–Trinajstić information content (AvgIpc) is 2.78. The van der Waals surface area contributed by atoms with Gasteiger partial charge in [-0.3, -0.25) is 4.68 Å². The van der Waals surface area contributed by atoms with Crippen molar-refractivity contribution < 1.29 is 4.74 Å². The number of rotatable bonds is 6. The Morgan fingerprint density at radius 3 is 2.95 bits per heavy atom. The molecule has 0 fully saturated rings. The number of aryl methyl sites for hydroxylation is 2. The molecule has 0 saturated carbocycles. The number of hydrogen-bond donors (Lipinski definition) is 1. The molecule has 102 valence electrons. The molecule has 0 saturated heterocycles. The second-order valence-electron chi connectivity index (χ2n) is 4.62. The number of aromatic nitrogens is 2. The summed E-state index contributed by atoms with van der Waals surface area (Å²) in [5.41, 5.74) is 4.69. The van der Waals surface area contributed by atoms with Crippen LogP contribution in [0, 0.1) is 0 Å². The van der Waals surface area contributed by atoms with Gasteiger partial charge in [0.2, 0.25) is 0 Å². The van der Waals surface area contributed by atoms with E-state index in [-0.39, 0.29) is 0 Å². The summed E-state index contributed by atoms with van der Waals surface area (Å²) in [5, 5.41) is 7.88. The molecule has 4 heteroatoms. The maximum atomic E-state index is 5.14. The van der Waals surface area contributed by atoms with E-state index in [1.165, 1.54) is 11.1 Å². The second-order valence-corrected chi connectivity index (χ2v) is 4.62. The minimum atomic E-state index is 0.641. The van der Waals surface area contributed by atoms with Crippen molar-refractivity contribution in [2.24, 2.45) is 7.05 Å². The zero-order chi connectivity index (χ0) is 13.7. The van der Waals surface area contributed by atoms with Crippen LogP contribution in [0.2, 0.25) is 0 Å². The summed E-state index contributed by atoms with van der Waals surface area (Å²) in [4.78, 5) is 0. The number of methoxy groups -OCH3 is 1. The maximum absolute atomic E-state index is 5.14. The lowest BCUT2D eigenvalue weighted by molar-refractivity contribution is 0.185. The molecule has 0 atom stereocenters. The zero-order valence-corrected chi connectivity index (χ0v) is 11.8. The van der Waals surface area contributed by atoms with Crippen molar-refractivity contribution in [1.82, 2.24) is 9.78 Å². The fraction of sp³-hybridized carbons (Fsp3) is 0.400. The smallest absolute Gasteiger partial charge is 0.0713 e. The molecule has 19 heavy (non-hydrogen) atoms. The molecule has 0 aliphatic heterocycles. The van der Waals surface area contributed by atoms with Gasteiger partial charge in [-0.25, -0.2) is 0 Å². The van der Waals surface area contributed by atoms with Crippen LogP contribution in [0.1, 0.15) is 23.7 Å². The van der Waals surface area contributed by atoms with Crippen molar-refractivity contribution in [2.75, 3.05) is 12.4 Å². The van der Waals surface area contributed by atoms with E-state index in [0.717, 1.165) is 24.3 Å². The van der Waals surface area contributed by atoms with E-state index in [9.17, 15) is 0 Å². The highest BCUT2D eigenvalue weighted by Crippen LogP contribution is 2.14. The number of benzene rings is 1. The van der Waals surface area contributed by atoms with Gasteiger partial charge in [-0.2, -0.15) is 5.10 Å². The summed E-state index contributed by atoms with van der Waals surface area (Å²) in [6.45, 7) is 3.57. The van der Waals surface area contributed by atoms with Gasteiger partial charge in [0.1, 0.15) is 0 Å². The standard InChI is InChI=1S/C15H21N3O/c1-4-15-13(10-18(2)17-15)9-16-14-7-5-6-12(8-14)11-19-3/h5-8,10,16H,4,9,11H2,1-3H3. The first-order valence-electron chi connectivity index (χ1n) is 6.56. The number of nitrogens with one attached hydrogen (secondary N) is 1. The van der Waals surface area contributed by atoms with Gasteiger partial charge in [0, 0.05) is 38.1 Å². The van der Waals surface area contributed by atoms with E-state index in [1.807, 2.05) is 17.8 Å². The first-order chi connectivity index (χ1) is 9.22. The molecule has 4 nitrogen and oxygen atoms in total. The van der Waals surface area contributed by atoms with Crippen LogP contribution in [0.5, 0.6) is 0 Å². The fourth-order valence-corrected chi connectivity index (χ4v) is 2.16. The van der Waals surface area contributed by atoms with E-state index >= 15 is 0 Å². The summed E-state index contributed by atoms with van der Waals surface area (Å²) < 4.78 is 7.02. The lowest BCUT2D eigenvalue weighted by Gasteiger charge is -2.08. The van der Waals surface area contributed by atoms with E-state index < -0.39 is 0 Å². The molecule has 2 rings (SSSR count). The van der Waals surface area contributed by atoms with Crippen molar-refractivity contribution in [1.29, 1.82) is 0 Å². The summed E-state index contributed by atoms with van der Waals surface area (Å²) in [6, 6.07) is 8.30. The summed E-state index contributed by atoms with van der Waals surface area (Å²) in [7, 11) is 3.67. The van der Waals surface area contributed by atoms with E-state index in [1.54, 1.807) is 7.11 Å². The second kappa shape index (κ2) is 6.38. The van der Waals surface area contributed by atoms with Crippen molar-refractivity contribution in [3.63, 3.8) is 0 Å². The van der Waals surface area contributed by atoms with Crippen molar-refractivity contribution in [3.05, 3.63) is 47.3 Å². The molecule has 0 aliphatic rings. The molecular weight excluding hydrogens is 238 g/mol. The molecule has 0 radical (unpaired) electrons. The van der Waals surface area contributed by atoms with Crippen LogP contribution in [0.25, 0.3) is 0 Å². The van der Waals surface area contributed by atoms with Crippen LogP contribution < -0.4 is 5.32 Å². The van der Waals surface area contributed by atoms with E-state index in [2.05, 4.69) is 41.7 Å². The number of nitrogens with zero attached hydrogens (tertiary/aromatic N) is 2. The Balaban J connectivity index is 2.03. The largest absolute Gasteiger partial charge is 0.381 e. The summed E-state index contributed by atoms with van der Waals surface area (Å²) in [6.07, 6.45) is 3.03. The van der Waals surface area contributed by atoms with Crippen molar-refractivity contribution in [2.45, 2.75) is 26.5 Å². The predicted octanol–water partition coefficient (Wildman–Crippen LogP) is 2.74. The Labute approximate surface area is 114 Å². The van der Waals surface area contributed by atoms with Gasteiger partial charge in [-0.1, -0.05) is 19.1 Å². The normalized spacial score (nSPS) is 10.7. The van der Waals surface area contributed by atoms with Crippen LogP contribution in [-0.2, 0) is 31.4 Å². The van der Waals surface area contributed by atoms with Gasteiger partial charge in [0.05, 0.1) is 12.3 Å². The van der Waals surface area contributed by atoms with Crippen LogP contribution >= 0.6 is 0 Å². The highest BCUT2D eigenvalue weighted by Gasteiger charge is 2.05. The molecule has 2 aromatic rings. The first kappa shape index (κ1) is 13.6. The average molecular weight is 259 g/mol. The third kappa shape index (κ3) is 3.58. The monoisotopic (exact) mass is 259 g/mol. The Hall–Kier alpha value is -1.81. The van der Waals surface area contributed by atoms with Crippen molar-refractivity contribution in [3.8, 4) is 0 Å². The van der Waals surface area contributed by atoms with Crippen molar-refractivity contribution >= 4 is 5.69 Å². The number of ether oxygens (including phenoxy) is 1. The molecule has 0 unspecified atom stereocenters. The number of hydrogen-bond acceptors (Lipinski definition) is 3. The van der Waals surface area contributed by atoms with Gasteiger partial charge >= 0.3 is 0 Å². The summed E-state index contributed by atoms with van der Waals surface area (Å²) in [5.74, 6) is 0. The molecular formula is C15H21N3O. The van der Waals surface area contributed by atoms with E-state index in [0.29, 0.717) is 6.61 Å². The highest BCUT2D eigenvalue weighted by atomic mass is 16.5. The minimum absolute atomic E-state index is 0.641. The molecule has 0 bridgehead atoms. The van der Waals surface area contributed by atoms with Gasteiger partial charge in [0.15, 0.2) is 0 Å². The van der Waals surface area contributed by atoms with Gasteiger partial charge in [-0.15, -0.1) is 0 Å². The van der Waals surface area contributed by atoms with Crippen LogP contribution in [0.15, 0.2) is 30.5 Å². The quantitative estimate of drug-likeness (QED) is 0.867. The Morgan fingerprint density at radius 1 is 1.37 bits per heavy atom.